The molecule has 0 saturated carbocycles. The largest absolute Gasteiger partial charge is 0.386 e. The highest BCUT2D eigenvalue weighted by Crippen LogP contribution is 2.46. The van der Waals surface area contributed by atoms with Crippen LogP contribution in [0.5, 0.6) is 0 Å². The molecule has 5 atom stereocenters. The Morgan fingerprint density at radius 2 is 1.78 bits per heavy atom. The van der Waals surface area contributed by atoms with Crippen molar-refractivity contribution in [1.82, 2.24) is 33.9 Å². The lowest BCUT2D eigenvalue weighted by Crippen LogP contribution is -2.44. The van der Waals surface area contributed by atoms with Gasteiger partial charge in [0.25, 0.3) is 0 Å². The molecule has 3 aliphatic heterocycles. The summed E-state index contributed by atoms with van der Waals surface area (Å²) in [6.45, 7) is 4.95. The lowest BCUT2D eigenvalue weighted by atomic mass is 9.82. The third-order valence-corrected chi connectivity index (χ3v) is 12.9. The number of pyridine rings is 1. The van der Waals surface area contributed by atoms with Gasteiger partial charge in [0.2, 0.25) is 0 Å². The number of aliphatic hydroxyl groups excluding tert-OH is 1. The fraction of sp³-hybridized carbons (Fsp3) is 0.419. The predicted octanol–water partition coefficient (Wildman–Crippen LogP) is 7.20. The summed E-state index contributed by atoms with van der Waals surface area (Å²) < 4.78 is 19.8. The van der Waals surface area contributed by atoms with E-state index in [1.165, 1.54) is 35.6 Å². The molecule has 0 aliphatic carbocycles. The summed E-state index contributed by atoms with van der Waals surface area (Å²) in [5, 5.41) is 26.1. The van der Waals surface area contributed by atoms with E-state index < -0.39 is 11.7 Å². The van der Waals surface area contributed by atoms with Crippen molar-refractivity contribution in [3.05, 3.63) is 123 Å². The van der Waals surface area contributed by atoms with E-state index in [2.05, 4.69) is 39.5 Å². The Morgan fingerprint density at radius 3 is 2.56 bits per heavy atom. The highest BCUT2D eigenvalue weighted by atomic mass is 35.5. The average molecular weight is 748 g/mol. The van der Waals surface area contributed by atoms with Crippen LogP contribution in [0.15, 0.2) is 67.1 Å². The maximum atomic E-state index is 15.5. The maximum absolute atomic E-state index is 15.5. The number of piperidine rings is 1. The van der Waals surface area contributed by atoms with Gasteiger partial charge < -0.3 is 19.3 Å². The number of aliphatic hydroxyl groups is 2. The van der Waals surface area contributed by atoms with Crippen molar-refractivity contribution >= 4 is 33.4 Å². The quantitative estimate of drug-likeness (QED) is 0.170. The Labute approximate surface area is 320 Å². The van der Waals surface area contributed by atoms with Crippen molar-refractivity contribution in [2.45, 2.75) is 102 Å². The third kappa shape index (κ3) is 6.03. The number of nitrogens with zero attached hydrogens (tertiary/aromatic N) is 7. The molecule has 1 fully saturated rings. The second kappa shape index (κ2) is 13.5. The van der Waals surface area contributed by atoms with E-state index in [1.807, 2.05) is 48.7 Å². The van der Waals surface area contributed by atoms with Crippen LogP contribution in [-0.4, -0.2) is 70.3 Å². The van der Waals surface area contributed by atoms with E-state index in [0.29, 0.717) is 65.5 Å². The highest BCUT2D eigenvalue weighted by molar-refractivity contribution is 6.31. The normalized spacial score (nSPS) is 22.0. The lowest BCUT2D eigenvalue weighted by molar-refractivity contribution is 0.0360. The van der Waals surface area contributed by atoms with Gasteiger partial charge in [0.15, 0.2) is 0 Å². The van der Waals surface area contributed by atoms with Crippen LogP contribution in [0, 0.1) is 12.7 Å². The molecule has 2 aromatic carbocycles. The van der Waals surface area contributed by atoms with Gasteiger partial charge >= 0.3 is 0 Å². The maximum Gasteiger partial charge on any atom is 0.147 e. The number of rotatable bonds is 8. The Kier molecular flexibility index (Phi) is 8.90. The molecule has 9 rings (SSSR count). The van der Waals surface area contributed by atoms with Crippen LogP contribution in [0.1, 0.15) is 83.5 Å². The molecule has 54 heavy (non-hydrogen) atoms. The summed E-state index contributed by atoms with van der Waals surface area (Å²) in [4.78, 5) is 18.8. The zero-order valence-corrected chi connectivity index (χ0v) is 32.1. The monoisotopic (exact) mass is 747 g/mol. The molecule has 0 amide bonds. The Hall–Kier alpha value is -4.19. The second-order valence-corrected chi connectivity index (χ2v) is 16.6. The number of fused-ring (bicyclic) bond motifs is 9. The van der Waals surface area contributed by atoms with Gasteiger partial charge in [-0.05, 0) is 89.0 Å². The van der Waals surface area contributed by atoms with Crippen LogP contribution in [0.2, 0.25) is 5.02 Å². The van der Waals surface area contributed by atoms with E-state index in [4.69, 9.17) is 21.6 Å². The molecule has 6 aromatic rings. The first-order valence-corrected chi connectivity index (χ1v) is 19.5. The molecule has 0 spiro atoms. The van der Waals surface area contributed by atoms with Crippen molar-refractivity contribution in [2.24, 2.45) is 0 Å². The summed E-state index contributed by atoms with van der Waals surface area (Å²) >= 11 is 6.56. The third-order valence-electron chi connectivity index (χ3n) is 12.6. The fourth-order valence-corrected chi connectivity index (χ4v) is 9.75. The van der Waals surface area contributed by atoms with Crippen molar-refractivity contribution in [1.29, 1.82) is 0 Å². The predicted molar refractivity (Wildman–Crippen MR) is 209 cm³/mol. The van der Waals surface area contributed by atoms with Crippen LogP contribution in [0.3, 0.4) is 0 Å². The van der Waals surface area contributed by atoms with E-state index in [1.54, 1.807) is 24.7 Å². The van der Waals surface area contributed by atoms with Gasteiger partial charge in [-0.3, -0.25) is 14.8 Å². The Balaban J connectivity index is 0.966. The van der Waals surface area contributed by atoms with Gasteiger partial charge in [-0.1, -0.05) is 35.9 Å². The van der Waals surface area contributed by atoms with Crippen LogP contribution >= 0.6 is 11.6 Å². The average Bonchev–Trinajstić information content (AvgIpc) is 3.59. The minimum Gasteiger partial charge on any atom is -0.386 e. The first-order valence-electron chi connectivity index (χ1n) is 19.1. The first-order chi connectivity index (χ1) is 26.0. The molecule has 0 radical (unpaired) electrons. The van der Waals surface area contributed by atoms with Crippen molar-refractivity contribution in [2.75, 3.05) is 14.1 Å². The molecule has 11 heteroatoms. The number of hydrogen-bond acceptors (Lipinski definition) is 7. The van der Waals surface area contributed by atoms with Gasteiger partial charge in [-0.25, -0.2) is 14.4 Å². The van der Waals surface area contributed by atoms with E-state index in [-0.39, 0.29) is 18.4 Å². The smallest absolute Gasteiger partial charge is 0.147 e. The SMILES string of the molecule is Cc1ccc(C(O)Cn2c3c(c4cccc(F)c42)CC(Cc2ncc(C(C)(O)Cn4c5c(c6ccc(Cl)cc64)C4CCCC(C5)N4C)cn2)N(C)C3)cn1. The molecule has 4 aromatic heterocycles. The van der Waals surface area contributed by atoms with E-state index >= 15 is 4.39 Å². The van der Waals surface area contributed by atoms with Gasteiger partial charge in [-0.15, -0.1) is 0 Å². The molecule has 9 nitrogen and oxygen atoms in total. The topological polar surface area (TPSA) is 95.5 Å². The Morgan fingerprint density at radius 1 is 0.963 bits per heavy atom. The lowest BCUT2D eigenvalue weighted by Gasteiger charge is -2.44. The molecular weight excluding hydrogens is 701 g/mol. The summed E-state index contributed by atoms with van der Waals surface area (Å²) in [6, 6.07) is 16.1. The molecule has 280 valence electrons. The van der Waals surface area contributed by atoms with Gasteiger partial charge in [0, 0.05) is 100 Å². The number of halogens is 2. The molecule has 2 N–H and O–H groups in total. The van der Waals surface area contributed by atoms with E-state index in [9.17, 15) is 10.2 Å². The summed E-state index contributed by atoms with van der Waals surface area (Å²) in [6.07, 6.45) is 10.2. The van der Waals surface area contributed by atoms with Gasteiger partial charge in [0.1, 0.15) is 17.2 Å². The molecule has 5 unspecified atom stereocenters. The summed E-state index contributed by atoms with van der Waals surface area (Å²) in [5.74, 6) is 0.395. The zero-order chi connectivity index (χ0) is 37.5. The summed E-state index contributed by atoms with van der Waals surface area (Å²) in [5.41, 5.74) is 7.40. The fourth-order valence-electron chi connectivity index (χ4n) is 9.58. The minimum atomic E-state index is -1.22. The van der Waals surface area contributed by atoms with Crippen molar-refractivity contribution < 1.29 is 14.6 Å². The number of benzene rings is 2. The van der Waals surface area contributed by atoms with Gasteiger partial charge in [0.05, 0.1) is 30.2 Å². The molecule has 2 bridgehead atoms. The minimum absolute atomic E-state index is 0.0810. The van der Waals surface area contributed by atoms with Crippen LogP contribution < -0.4 is 0 Å². The number of aromatic nitrogens is 5. The molecular formula is C43H47ClFN7O2. The number of likely N-dealkylation sites (N-methyl/N-ethyl adjacent to an activating group) is 2. The molecule has 7 heterocycles. The van der Waals surface area contributed by atoms with Crippen molar-refractivity contribution in [3.8, 4) is 0 Å². The zero-order valence-electron chi connectivity index (χ0n) is 31.3. The standard InChI is InChI=1S/C43H47ClFN7O2/c1-25-11-12-26(19-46-25)39(53)23-51-38-22-49(3)30(16-33(38)31-8-6-9-34(45)42(31)51)18-40-47-20-27(21-48-40)43(2,54)24-52-36-15-28(44)13-14-32(36)41-35-10-5-7-29(50(35)4)17-37(41)52/h6,8-9,11-15,19-21,29-30,35,39,53-54H,5,7,10,16-18,22-24H2,1-4H3. The van der Waals surface area contributed by atoms with Gasteiger partial charge in [-0.2, -0.15) is 0 Å². The van der Waals surface area contributed by atoms with Crippen molar-refractivity contribution in [3.63, 3.8) is 0 Å². The van der Waals surface area contributed by atoms with Crippen LogP contribution in [-0.2, 0) is 44.5 Å². The first kappa shape index (κ1) is 35.5. The van der Waals surface area contributed by atoms with Crippen LogP contribution in [0.25, 0.3) is 21.8 Å². The Bertz CT molecular complexity index is 2370. The van der Waals surface area contributed by atoms with E-state index in [0.717, 1.165) is 40.7 Å². The second-order valence-electron chi connectivity index (χ2n) is 16.1. The summed E-state index contributed by atoms with van der Waals surface area (Å²) in [7, 11) is 4.33. The number of aryl methyl sites for hydroxylation is 1. The van der Waals surface area contributed by atoms with Crippen LogP contribution in [0.4, 0.5) is 4.39 Å². The molecule has 1 saturated heterocycles. The molecule has 3 aliphatic rings. The highest BCUT2D eigenvalue weighted by Gasteiger charge is 2.40. The number of para-hydroxylation sites is 1. The number of hydrogen-bond donors (Lipinski definition) is 2.